The first-order valence-corrected chi connectivity index (χ1v) is 9.09. The topological polar surface area (TPSA) is 76.4 Å². The number of aliphatic hydroxyl groups is 1. The smallest absolute Gasteiger partial charge is 0.274 e. The molecule has 4 rings (SSSR count). The minimum absolute atomic E-state index is 0.106. The van der Waals surface area contributed by atoms with Crippen molar-refractivity contribution in [1.82, 2.24) is 9.55 Å². The van der Waals surface area contributed by atoms with Gasteiger partial charge in [0.25, 0.3) is 5.56 Å². The highest BCUT2D eigenvalue weighted by Gasteiger charge is 2.38. The zero-order valence-corrected chi connectivity index (χ0v) is 15.7. The lowest BCUT2D eigenvalue weighted by Gasteiger charge is -2.36. The number of nitrogens with zero attached hydrogens (tertiary/aromatic N) is 2. The number of pyridine rings is 2. The van der Waals surface area contributed by atoms with Gasteiger partial charge in [0.1, 0.15) is 17.1 Å². The average molecular weight is 365 g/mol. The van der Waals surface area contributed by atoms with Crippen LogP contribution in [0, 0.1) is 6.92 Å². The van der Waals surface area contributed by atoms with Crippen molar-refractivity contribution in [3.05, 3.63) is 63.6 Å². The van der Waals surface area contributed by atoms with E-state index in [-0.39, 0.29) is 18.8 Å². The van der Waals surface area contributed by atoms with E-state index in [1.165, 1.54) is 11.1 Å². The van der Waals surface area contributed by atoms with Crippen molar-refractivity contribution in [3.63, 3.8) is 0 Å². The lowest BCUT2D eigenvalue weighted by molar-refractivity contribution is -0.184. The molecule has 0 aliphatic carbocycles. The Hall–Kier alpha value is -2.70. The maximum Gasteiger partial charge on any atom is 0.274 e. The highest BCUT2D eigenvalue weighted by molar-refractivity contribution is 5.87. The summed E-state index contributed by atoms with van der Waals surface area (Å²) >= 11 is 0. The molecule has 1 fully saturated rings. The van der Waals surface area contributed by atoms with Gasteiger partial charge in [-0.15, -0.1) is 0 Å². The molecule has 0 saturated carbocycles. The first-order chi connectivity index (χ1) is 12.9. The van der Waals surface area contributed by atoms with Gasteiger partial charge in [0.2, 0.25) is 0 Å². The summed E-state index contributed by atoms with van der Waals surface area (Å²) < 4.78 is 6.75. The van der Waals surface area contributed by atoms with Crippen LogP contribution in [0.15, 0.2) is 41.3 Å². The van der Waals surface area contributed by atoms with Crippen LogP contribution in [0.4, 0.5) is 11.5 Å². The lowest BCUT2D eigenvalue weighted by Crippen LogP contribution is -2.46. The van der Waals surface area contributed by atoms with Crippen molar-refractivity contribution in [2.24, 2.45) is 7.05 Å². The summed E-state index contributed by atoms with van der Waals surface area (Å²) in [6, 6.07) is 9.54. The molecule has 6 heteroatoms. The molecule has 3 aromatic rings. The first kappa shape index (κ1) is 17.7. The molecule has 0 radical (unpaired) electrons. The number of anilines is 2. The van der Waals surface area contributed by atoms with Gasteiger partial charge in [-0.2, -0.15) is 0 Å². The van der Waals surface area contributed by atoms with Gasteiger partial charge in [0, 0.05) is 24.2 Å². The zero-order chi connectivity index (χ0) is 19.2. The molecule has 0 spiro atoms. The standard InChI is InChI=1S/C21H23N3O3/c1-4-15-13(2)5-7-18-16(15)9-17(20(25)24(18)3)23-19-8-6-14(10-22-19)21(26)11-27-12-21/h5-10,26H,4,11-12H2,1-3H3,(H,22,23). The molecule has 1 saturated heterocycles. The van der Waals surface area contributed by atoms with Crippen LogP contribution in [0.2, 0.25) is 0 Å². The number of aromatic nitrogens is 2. The van der Waals surface area contributed by atoms with Crippen LogP contribution in [0.3, 0.4) is 0 Å². The molecule has 140 valence electrons. The second-order valence-corrected chi connectivity index (χ2v) is 7.15. The second kappa shape index (κ2) is 6.48. The molecule has 27 heavy (non-hydrogen) atoms. The van der Waals surface area contributed by atoms with E-state index < -0.39 is 5.60 Å². The zero-order valence-electron chi connectivity index (χ0n) is 15.7. The van der Waals surface area contributed by atoms with Crippen LogP contribution >= 0.6 is 0 Å². The molecule has 6 nitrogen and oxygen atoms in total. The van der Waals surface area contributed by atoms with Gasteiger partial charge in [-0.25, -0.2) is 4.98 Å². The van der Waals surface area contributed by atoms with Crippen molar-refractivity contribution in [1.29, 1.82) is 0 Å². The second-order valence-electron chi connectivity index (χ2n) is 7.15. The highest BCUT2D eigenvalue weighted by Crippen LogP contribution is 2.29. The number of aryl methyl sites for hydroxylation is 3. The molecular formula is C21H23N3O3. The van der Waals surface area contributed by atoms with E-state index in [0.29, 0.717) is 11.5 Å². The van der Waals surface area contributed by atoms with Gasteiger partial charge in [0.05, 0.1) is 18.7 Å². The van der Waals surface area contributed by atoms with E-state index in [4.69, 9.17) is 4.74 Å². The Morgan fingerprint density at radius 3 is 2.67 bits per heavy atom. The number of ether oxygens (including phenoxy) is 1. The van der Waals surface area contributed by atoms with Crippen LogP contribution in [0.25, 0.3) is 10.9 Å². The summed E-state index contributed by atoms with van der Waals surface area (Å²) in [6.07, 6.45) is 2.52. The van der Waals surface area contributed by atoms with Crippen molar-refractivity contribution >= 4 is 22.4 Å². The molecule has 0 unspecified atom stereocenters. The van der Waals surface area contributed by atoms with Gasteiger partial charge < -0.3 is 19.7 Å². The van der Waals surface area contributed by atoms with Gasteiger partial charge in [-0.3, -0.25) is 4.79 Å². The monoisotopic (exact) mass is 365 g/mol. The largest absolute Gasteiger partial charge is 0.380 e. The summed E-state index contributed by atoms with van der Waals surface area (Å²) in [5, 5.41) is 14.5. The fourth-order valence-electron chi connectivity index (χ4n) is 3.61. The van der Waals surface area contributed by atoms with Gasteiger partial charge in [-0.05, 0) is 42.7 Å². The molecular weight excluding hydrogens is 342 g/mol. The highest BCUT2D eigenvalue weighted by atomic mass is 16.5. The number of fused-ring (bicyclic) bond motifs is 1. The fraction of sp³-hybridized carbons (Fsp3) is 0.333. The summed E-state index contributed by atoms with van der Waals surface area (Å²) in [7, 11) is 1.78. The van der Waals surface area contributed by atoms with E-state index in [9.17, 15) is 9.90 Å². The first-order valence-electron chi connectivity index (χ1n) is 9.09. The van der Waals surface area contributed by atoms with Crippen LogP contribution in [0.5, 0.6) is 0 Å². The number of hydrogen-bond donors (Lipinski definition) is 2. The van der Waals surface area contributed by atoms with Crippen LogP contribution in [-0.4, -0.2) is 27.9 Å². The number of benzene rings is 1. The van der Waals surface area contributed by atoms with Gasteiger partial charge in [0.15, 0.2) is 0 Å². The molecule has 1 aliphatic heterocycles. The Balaban J connectivity index is 1.73. The Morgan fingerprint density at radius 2 is 2.07 bits per heavy atom. The van der Waals surface area contributed by atoms with Crippen LogP contribution in [-0.2, 0) is 23.8 Å². The average Bonchev–Trinajstić information content (AvgIpc) is 2.64. The van der Waals surface area contributed by atoms with Crippen molar-refractivity contribution in [2.45, 2.75) is 25.9 Å². The Bertz CT molecular complexity index is 1070. The predicted octanol–water partition coefficient (Wildman–Crippen LogP) is 2.77. The lowest BCUT2D eigenvalue weighted by atomic mass is 9.94. The summed E-state index contributed by atoms with van der Waals surface area (Å²) in [6.45, 7) is 4.78. The van der Waals surface area contributed by atoms with E-state index in [2.05, 4.69) is 30.2 Å². The molecule has 0 bridgehead atoms. The normalized spacial score (nSPS) is 15.6. The minimum atomic E-state index is -0.946. The minimum Gasteiger partial charge on any atom is -0.380 e. The van der Waals surface area contributed by atoms with E-state index in [1.807, 2.05) is 18.2 Å². The van der Waals surface area contributed by atoms with Crippen molar-refractivity contribution in [2.75, 3.05) is 18.5 Å². The van der Waals surface area contributed by atoms with E-state index in [1.54, 1.807) is 23.9 Å². The fourth-order valence-corrected chi connectivity index (χ4v) is 3.61. The molecule has 1 aliphatic rings. The maximum absolute atomic E-state index is 12.8. The van der Waals surface area contributed by atoms with Crippen LogP contribution < -0.4 is 10.9 Å². The molecule has 0 atom stereocenters. The SMILES string of the molecule is CCc1c(C)ccc2c1cc(Nc1ccc(C3(O)COC3)cn1)c(=O)n2C. The predicted molar refractivity (Wildman–Crippen MR) is 106 cm³/mol. The molecule has 2 aromatic heterocycles. The Morgan fingerprint density at radius 1 is 1.30 bits per heavy atom. The molecule has 0 amide bonds. The van der Waals surface area contributed by atoms with Crippen LogP contribution in [0.1, 0.15) is 23.6 Å². The summed E-state index contributed by atoms with van der Waals surface area (Å²) in [5.74, 6) is 0.560. The number of rotatable bonds is 4. The van der Waals surface area contributed by atoms with E-state index in [0.717, 1.165) is 22.9 Å². The number of nitrogens with one attached hydrogen (secondary N) is 1. The van der Waals surface area contributed by atoms with Gasteiger partial charge in [-0.1, -0.05) is 19.1 Å². The van der Waals surface area contributed by atoms with E-state index >= 15 is 0 Å². The quantitative estimate of drug-likeness (QED) is 0.743. The molecule has 2 N–H and O–H groups in total. The summed E-state index contributed by atoms with van der Waals surface area (Å²) in [5.41, 5.74) is 3.52. The third-order valence-corrected chi connectivity index (χ3v) is 5.35. The van der Waals surface area contributed by atoms with Crippen molar-refractivity contribution < 1.29 is 9.84 Å². The summed E-state index contributed by atoms with van der Waals surface area (Å²) in [4.78, 5) is 17.1. The Kier molecular flexibility index (Phi) is 4.25. The number of hydrogen-bond acceptors (Lipinski definition) is 5. The third kappa shape index (κ3) is 2.91. The van der Waals surface area contributed by atoms with Gasteiger partial charge >= 0.3 is 0 Å². The molecule has 1 aromatic carbocycles. The van der Waals surface area contributed by atoms with Crippen molar-refractivity contribution in [3.8, 4) is 0 Å². The molecule has 3 heterocycles. The third-order valence-electron chi connectivity index (χ3n) is 5.35. The maximum atomic E-state index is 12.8. The Labute approximate surface area is 157 Å².